The third-order valence-corrected chi connectivity index (χ3v) is 2.99. The summed E-state index contributed by atoms with van der Waals surface area (Å²) in [6, 6.07) is -0.199. The van der Waals surface area contributed by atoms with Crippen LogP contribution < -0.4 is 10.6 Å². The molecule has 18 heavy (non-hydrogen) atoms. The van der Waals surface area contributed by atoms with E-state index in [4.69, 9.17) is 4.74 Å². The number of rotatable bonds is 4. The molecule has 104 valence electrons. The van der Waals surface area contributed by atoms with Crippen LogP contribution in [-0.4, -0.2) is 75.4 Å². The maximum Gasteiger partial charge on any atom is 0.317 e. The Hall–Kier alpha value is -1.50. The van der Waals surface area contributed by atoms with E-state index in [0.29, 0.717) is 26.2 Å². The Morgan fingerprint density at radius 2 is 2.22 bits per heavy atom. The number of nitrogens with zero attached hydrogens (tertiary/aromatic N) is 2. The number of likely N-dealkylation sites (tertiary alicyclic amines) is 1. The average molecular weight is 258 g/mol. The SMILES string of the molecule is CNC(=O)N1CC[C@H](NC(=O)N(C)CCOC)C1. The summed E-state index contributed by atoms with van der Waals surface area (Å²) in [5, 5.41) is 5.49. The second kappa shape index (κ2) is 7.05. The van der Waals surface area contributed by atoms with Gasteiger partial charge in [0.25, 0.3) is 0 Å². The second-order valence-corrected chi connectivity index (χ2v) is 4.35. The van der Waals surface area contributed by atoms with Crippen LogP contribution in [0, 0.1) is 0 Å². The van der Waals surface area contributed by atoms with Crippen LogP contribution in [-0.2, 0) is 4.74 Å². The summed E-state index contributed by atoms with van der Waals surface area (Å²) in [7, 11) is 4.93. The molecule has 1 aliphatic rings. The van der Waals surface area contributed by atoms with Gasteiger partial charge in [0.1, 0.15) is 0 Å². The normalized spacial score (nSPS) is 18.6. The van der Waals surface area contributed by atoms with Crippen molar-refractivity contribution in [1.29, 1.82) is 0 Å². The molecule has 0 aromatic carbocycles. The van der Waals surface area contributed by atoms with Gasteiger partial charge >= 0.3 is 12.1 Å². The molecule has 0 saturated carbocycles. The van der Waals surface area contributed by atoms with Gasteiger partial charge in [0.05, 0.1) is 6.61 Å². The van der Waals surface area contributed by atoms with Gasteiger partial charge in [-0.1, -0.05) is 0 Å². The lowest BCUT2D eigenvalue weighted by Crippen LogP contribution is -2.46. The van der Waals surface area contributed by atoms with Crippen LogP contribution in [0.25, 0.3) is 0 Å². The van der Waals surface area contributed by atoms with E-state index >= 15 is 0 Å². The van der Waals surface area contributed by atoms with Crippen molar-refractivity contribution in [3.05, 3.63) is 0 Å². The largest absolute Gasteiger partial charge is 0.383 e. The number of hydrogen-bond acceptors (Lipinski definition) is 3. The van der Waals surface area contributed by atoms with Crippen LogP contribution in [0.4, 0.5) is 9.59 Å². The van der Waals surface area contributed by atoms with Crippen LogP contribution in [0.1, 0.15) is 6.42 Å². The standard InChI is InChI=1S/C11H22N4O3/c1-12-10(16)15-5-4-9(8-15)13-11(17)14(2)6-7-18-3/h9H,4-8H2,1-3H3,(H,12,16)(H,13,17)/t9-/m0/s1. The van der Waals surface area contributed by atoms with E-state index in [2.05, 4.69) is 10.6 Å². The van der Waals surface area contributed by atoms with Gasteiger partial charge < -0.3 is 25.2 Å². The minimum absolute atomic E-state index is 0.0276. The van der Waals surface area contributed by atoms with E-state index in [-0.39, 0.29) is 18.1 Å². The van der Waals surface area contributed by atoms with Crippen molar-refractivity contribution >= 4 is 12.1 Å². The monoisotopic (exact) mass is 258 g/mol. The molecule has 1 fully saturated rings. The molecule has 0 aromatic heterocycles. The Kier molecular flexibility index (Phi) is 5.70. The lowest BCUT2D eigenvalue weighted by molar-refractivity contribution is 0.158. The van der Waals surface area contributed by atoms with Gasteiger partial charge in [0.15, 0.2) is 0 Å². The van der Waals surface area contributed by atoms with Gasteiger partial charge in [-0.2, -0.15) is 0 Å². The van der Waals surface area contributed by atoms with Crippen LogP contribution >= 0.6 is 0 Å². The summed E-state index contributed by atoms with van der Waals surface area (Å²) in [6.07, 6.45) is 0.789. The number of amides is 4. The molecule has 1 atom stereocenters. The Labute approximate surface area is 107 Å². The van der Waals surface area contributed by atoms with Crippen LogP contribution in [0.5, 0.6) is 0 Å². The van der Waals surface area contributed by atoms with Crippen LogP contribution in [0.15, 0.2) is 0 Å². The number of methoxy groups -OCH3 is 1. The number of likely N-dealkylation sites (N-methyl/N-ethyl adjacent to an activating group) is 1. The minimum Gasteiger partial charge on any atom is -0.383 e. The zero-order valence-corrected chi connectivity index (χ0v) is 11.2. The summed E-state index contributed by atoms with van der Waals surface area (Å²) in [5.74, 6) is 0. The van der Waals surface area contributed by atoms with Gasteiger partial charge in [-0.25, -0.2) is 9.59 Å². The lowest BCUT2D eigenvalue weighted by atomic mass is 10.3. The molecule has 0 radical (unpaired) electrons. The van der Waals surface area contributed by atoms with Crippen molar-refractivity contribution in [3.8, 4) is 0 Å². The summed E-state index contributed by atoms with van der Waals surface area (Å²) in [6.45, 7) is 2.29. The molecule has 1 heterocycles. The van der Waals surface area contributed by atoms with E-state index in [0.717, 1.165) is 6.42 Å². The molecule has 0 spiro atoms. The van der Waals surface area contributed by atoms with Crippen molar-refractivity contribution < 1.29 is 14.3 Å². The highest BCUT2D eigenvalue weighted by atomic mass is 16.5. The molecule has 0 aromatic rings. The van der Waals surface area contributed by atoms with Gasteiger partial charge in [-0.3, -0.25) is 0 Å². The lowest BCUT2D eigenvalue weighted by Gasteiger charge is -2.21. The van der Waals surface area contributed by atoms with E-state index in [1.807, 2.05) is 0 Å². The van der Waals surface area contributed by atoms with E-state index < -0.39 is 0 Å². The smallest absolute Gasteiger partial charge is 0.317 e. The molecule has 2 N–H and O–H groups in total. The summed E-state index contributed by atoms with van der Waals surface area (Å²) < 4.78 is 4.91. The Balaban J connectivity index is 2.31. The molecule has 1 aliphatic heterocycles. The minimum atomic E-state index is -0.129. The quantitative estimate of drug-likeness (QED) is 0.726. The zero-order chi connectivity index (χ0) is 13.5. The van der Waals surface area contributed by atoms with Gasteiger partial charge in [-0.05, 0) is 6.42 Å². The summed E-state index contributed by atoms with van der Waals surface area (Å²) in [5.41, 5.74) is 0. The fourth-order valence-corrected chi connectivity index (χ4v) is 1.84. The third-order valence-electron chi connectivity index (χ3n) is 2.99. The Morgan fingerprint density at radius 3 is 2.83 bits per heavy atom. The van der Waals surface area contributed by atoms with Crippen molar-refractivity contribution in [2.24, 2.45) is 0 Å². The van der Waals surface area contributed by atoms with Gasteiger partial charge in [0, 0.05) is 46.9 Å². The third kappa shape index (κ3) is 4.06. The number of nitrogens with one attached hydrogen (secondary N) is 2. The van der Waals surface area contributed by atoms with Crippen molar-refractivity contribution in [3.63, 3.8) is 0 Å². The molecule has 7 heteroatoms. The zero-order valence-electron chi connectivity index (χ0n) is 11.2. The fraction of sp³-hybridized carbons (Fsp3) is 0.818. The maximum absolute atomic E-state index is 11.8. The van der Waals surface area contributed by atoms with Crippen LogP contribution in [0.3, 0.4) is 0 Å². The van der Waals surface area contributed by atoms with E-state index in [9.17, 15) is 9.59 Å². The number of carbonyl (C=O) groups is 2. The average Bonchev–Trinajstić information content (AvgIpc) is 2.83. The molecule has 4 amide bonds. The first kappa shape index (κ1) is 14.6. The van der Waals surface area contributed by atoms with Crippen LogP contribution in [0.2, 0.25) is 0 Å². The van der Waals surface area contributed by atoms with Crippen molar-refractivity contribution in [2.45, 2.75) is 12.5 Å². The molecule has 7 nitrogen and oxygen atoms in total. The Bertz CT molecular complexity index is 298. The Morgan fingerprint density at radius 1 is 1.50 bits per heavy atom. The number of hydrogen-bond donors (Lipinski definition) is 2. The number of carbonyl (C=O) groups excluding carboxylic acids is 2. The van der Waals surface area contributed by atoms with Gasteiger partial charge in [-0.15, -0.1) is 0 Å². The topological polar surface area (TPSA) is 73.9 Å². The highest BCUT2D eigenvalue weighted by Crippen LogP contribution is 2.09. The molecule has 1 saturated heterocycles. The molecule has 0 bridgehead atoms. The molecular weight excluding hydrogens is 236 g/mol. The predicted molar refractivity (Wildman–Crippen MR) is 67.5 cm³/mol. The first-order chi connectivity index (χ1) is 8.58. The first-order valence-electron chi connectivity index (χ1n) is 6.05. The van der Waals surface area contributed by atoms with E-state index in [1.165, 1.54) is 0 Å². The molecular formula is C11H22N4O3. The van der Waals surface area contributed by atoms with Crippen molar-refractivity contribution in [2.75, 3.05) is 47.4 Å². The second-order valence-electron chi connectivity index (χ2n) is 4.35. The number of urea groups is 2. The highest BCUT2D eigenvalue weighted by Gasteiger charge is 2.27. The summed E-state index contributed by atoms with van der Waals surface area (Å²) in [4.78, 5) is 26.5. The first-order valence-corrected chi connectivity index (χ1v) is 6.05. The number of ether oxygens (including phenoxy) is 1. The maximum atomic E-state index is 11.8. The molecule has 0 unspecified atom stereocenters. The van der Waals surface area contributed by atoms with Crippen molar-refractivity contribution in [1.82, 2.24) is 20.4 Å². The molecule has 0 aliphatic carbocycles. The van der Waals surface area contributed by atoms with Gasteiger partial charge in [0.2, 0.25) is 0 Å². The summed E-state index contributed by atoms with van der Waals surface area (Å²) >= 11 is 0. The van der Waals surface area contributed by atoms with E-state index in [1.54, 1.807) is 31.0 Å². The molecule has 1 rings (SSSR count). The predicted octanol–water partition coefficient (Wildman–Crippen LogP) is -0.312. The highest BCUT2D eigenvalue weighted by molar-refractivity contribution is 5.76. The fourth-order valence-electron chi connectivity index (χ4n) is 1.84.